The normalized spacial score (nSPS) is 30.6. The van der Waals surface area contributed by atoms with Crippen LogP contribution in [-0.4, -0.2) is 81.7 Å². The lowest BCUT2D eigenvalue weighted by Gasteiger charge is -2.38. The molecule has 1 aliphatic heterocycles. The molecule has 132 valence electrons. The number of hydrogen-bond donors (Lipinski definition) is 5. The Balaban J connectivity index is 1.74. The zero-order chi connectivity index (χ0) is 17.3. The summed E-state index contributed by atoms with van der Waals surface area (Å²) in [7, 11) is 0. The van der Waals surface area contributed by atoms with E-state index in [1.165, 1.54) is 10.9 Å². The number of nitrogens with zero attached hydrogens (tertiary/aromatic N) is 5. The van der Waals surface area contributed by atoms with E-state index in [-0.39, 0.29) is 24.9 Å². The minimum Gasteiger partial charge on any atom is -0.420 e. The fraction of sp³-hybridized carbons (Fsp3) is 0.667. The molecule has 5 N–H and O–H groups in total. The van der Waals surface area contributed by atoms with Crippen molar-refractivity contribution in [2.24, 2.45) is 0 Å². The average Bonchev–Trinajstić information content (AvgIpc) is 3.23. The molecule has 0 saturated carbocycles. The van der Waals surface area contributed by atoms with Crippen molar-refractivity contribution in [1.29, 1.82) is 0 Å². The lowest BCUT2D eigenvalue weighted by molar-refractivity contribution is -0.236. The predicted molar refractivity (Wildman–Crippen MR) is 72.1 cm³/mol. The molecule has 0 amide bonds. The fourth-order valence-corrected chi connectivity index (χ4v) is 2.38. The van der Waals surface area contributed by atoms with E-state index in [0.29, 0.717) is 5.69 Å². The molecule has 2 aromatic rings. The number of aliphatic hydroxyl groups excluding tert-OH is 5. The van der Waals surface area contributed by atoms with Gasteiger partial charge in [0.05, 0.1) is 19.4 Å². The molecule has 0 aromatic carbocycles. The maximum atomic E-state index is 10.0. The topological polar surface area (TPSA) is 180 Å². The number of hydrogen-bond acceptors (Lipinski definition) is 11. The Bertz CT molecular complexity index is 674. The summed E-state index contributed by atoms with van der Waals surface area (Å²) in [5.41, 5.74) is 0.378. The largest absolute Gasteiger partial charge is 0.420 e. The zero-order valence-electron chi connectivity index (χ0n) is 12.4. The van der Waals surface area contributed by atoms with Crippen LogP contribution in [0.1, 0.15) is 23.6 Å². The first kappa shape index (κ1) is 16.9. The summed E-state index contributed by atoms with van der Waals surface area (Å²) in [6, 6.07) is 0. The van der Waals surface area contributed by atoms with Crippen molar-refractivity contribution in [3.8, 4) is 0 Å². The van der Waals surface area contributed by atoms with Crippen molar-refractivity contribution in [2.45, 2.75) is 43.7 Å². The van der Waals surface area contributed by atoms with Crippen LogP contribution in [0.25, 0.3) is 0 Å². The SMILES string of the molecule is OCc1cn(Cc2nnc([C@@H]3O[C@H](CO)[C@@H](O)[C@H](O)[C@H]3O)o2)nn1. The first-order valence-electron chi connectivity index (χ1n) is 7.16. The van der Waals surface area contributed by atoms with Crippen molar-refractivity contribution in [1.82, 2.24) is 25.2 Å². The van der Waals surface area contributed by atoms with Gasteiger partial charge in [0.1, 0.15) is 36.7 Å². The molecule has 24 heavy (non-hydrogen) atoms. The highest BCUT2D eigenvalue weighted by Gasteiger charge is 2.46. The second kappa shape index (κ2) is 6.88. The van der Waals surface area contributed by atoms with Crippen LogP contribution < -0.4 is 0 Å². The Morgan fingerprint density at radius 2 is 1.83 bits per heavy atom. The van der Waals surface area contributed by atoms with Gasteiger partial charge in [-0.2, -0.15) is 0 Å². The van der Waals surface area contributed by atoms with Gasteiger partial charge >= 0.3 is 0 Å². The van der Waals surface area contributed by atoms with Gasteiger partial charge in [-0.25, -0.2) is 4.68 Å². The molecule has 1 aliphatic rings. The number of rotatable bonds is 5. The molecule has 12 heteroatoms. The number of ether oxygens (including phenoxy) is 1. The van der Waals surface area contributed by atoms with Crippen LogP contribution in [0.4, 0.5) is 0 Å². The molecule has 0 aliphatic carbocycles. The molecule has 3 rings (SSSR count). The third kappa shape index (κ3) is 3.15. The number of aromatic nitrogens is 5. The van der Waals surface area contributed by atoms with Gasteiger partial charge in [0.2, 0.25) is 11.8 Å². The highest BCUT2D eigenvalue weighted by Crippen LogP contribution is 2.31. The summed E-state index contributed by atoms with van der Waals surface area (Å²) >= 11 is 0. The summed E-state index contributed by atoms with van der Waals surface area (Å²) in [5, 5.41) is 62.6. The van der Waals surface area contributed by atoms with Crippen LogP contribution in [0.15, 0.2) is 10.6 Å². The van der Waals surface area contributed by atoms with Crippen LogP contribution in [0, 0.1) is 0 Å². The monoisotopic (exact) mass is 343 g/mol. The Morgan fingerprint density at radius 1 is 1.04 bits per heavy atom. The molecule has 12 nitrogen and oxygen atoms in total. The lowest BCUT2D eigenvalue weighted by Crippen LogP contribution is -2.55. The fourth-order valence-electron chi connectivity index (χ4n) is 2.38. The minimum atomic E-state index is -1.53. The van der Waals surface area contributed by atoms with Gasteiger partial charge in [0.15, 0.2) is 6.10 Å². The van der Waals surface area contributed by atoms with Gasteiger partial charge in [-0.1, -0.05) is 5.21 Å². The van der Waals surface area contributed by atoms with E-state index in [2.05, 4.69) is 20.5 Å². The Labute approximate surface area is 134 Å². The van der Waals surface area contributed by atoms with E-state index in [4.69, 9.17) is 14.3 Å². The van der Waals surface area contributed by atoms with Crippen molar-refractivity contribution in [3.63, 3.8) is 0 Å². The van der Waals surface area contributed by atoms with E-state index in [1.807, 2.05) is 0 Å². The van der Waals surface area contributed by atoms with Gasteiger partial charge in [0.25, 0.3) is 0 Å². The van der Waals surface area contributed by atoms with E-state index in [0.717, 1.165) is 0 Å². The highest BCUT2D eigenvalue weighted by atomic mass is 16.6. The van der Waals surface area contributed by atoms with Crippen molar-refractivity contribution >= 4 is 0 Å². The van der Waals surface area contributed by atoms with E-state index >= 15 is 0 Å². The Morgan fingerprint density at radius 3 is 2.50 bits per heavy atom. The third-order valence-corrected chi connectivity index (χ3v) is 3.66. The van der Waals surface area contributed by atoms with Crippen LogP contribution >= 0.6 is 0 Å². The Kier molecular flexibility index (Phi) is 4.84. The van der Waals surface area contributed by atoms with Crippen molar-refractivity contribution in [2.75, 3.05) is 6.61 Å². The number of aliphatic hydroxyl groups is 5. The van der Waals surface area contributed by atoms with Gasteiger partial charge in [-0.3, -0.25) is 0 Å². The average molecular weight is 343 g/mol. The summed E-state index contributed by atoms with van der Waals surface area (Å²) in [6.45, 7) is -0.720. The van der Waals surface area contributed by atoms with Gasteiger partial charge in [-0.15, -0.1) is 15.3 Å². The standard InChI is InChI=1S/C12H17N5O7/c18-3-5-1-17(16-13-5)2-7-14-15-12(24-7)11-10(22)9(21)8(20)6(4-19)23-11/h1,6,8-11,18-22H,2-4H2/t6-,8-,9+,10-,11-/m1/s1. The molecule has 2 aromatic heterocycles. The van der Waals surface area contributed by atoms with Gasteiger partial charge < -0.3 is 34.7 Å². The minimum absolute atomic E-state index is 0.0808. The van der Waals surface area contributed by atoms with Crippen LogP contribution in [0.5, 0.6) is 0 Å². The molecule has 0 radical (unpaired) electrons. The van der Waals surface area contributed by atoms with E-state index < -0.39 is 37.1 Å². The first-order chi connectivity index (χ1) is 11.5. The molecule has 1 saturated heterocycles. The summed E-state index contributed by atoms with van der Waals surface area (Å²) in [6.07, 6.45) is -5.24. The summed E-state index contributed by atoms with van der Waals surface area (Å²) in [4.78, 5) is 0. The molecule has 0 bridgehead atoms. The first-order valence-corrected chi connectivity index (χ1v) is 7.16. The second-order valence-corrected chi connectivity index (χ2v) is 5.35. The van der Waals surface area contributed by atoms with Crippen LogP contribution in [0.2, 0.25) is 0 Å². The molecular weight excluding hydrogens is 326 g/mol. The predicted octanol–water partition coefficient (Wildman–Crippen LogP) is -3.28. The Hall–Kier alpha value is -1.96. The van der Waals surface area contributed by atoms with Crippen LogP contribution in [-0.2, 0) is 17.9 Å². The molecule has 3 heterocycles. The molecule has 0 unspecified atom stereocenters. The molecule has 5 atom stereocenters. The quantitative estimate of drug-likeness (QED) is 0.367. The highest BCUT2D eigenvalue weighted by molar-refractivity contribution is 5.00. The maximum Gasteiger partial charge on any atom is 0.248 e. The molecule has 1 fully saturated rings. The molecular formula is C12H17N5O7. The smallest absolute Gasteiger partial charge is 0.248 e. The summed E-state index contributed by atoms with van der Waals surface area (Å²) in [5.74, 6) is 0.0285. The van der Waals surface area contributed by atoms with Crippen molar-refractivity contribution in [3.05, 3.63) is 23.7 Å². The third-order valence-electron chi connectivity index (χ3n) is 3.66. The second-order valence-electron chi connectivity index (χ2n) is 5.35. The van der Waals surface area contributed by atoms with Gasteiger partial charge in [-0.05, 0) is 0 Å². The van der Waals surface area contributed by atoms with Crippen molar-refractivity contribution < 1.29 is 34.7 Å². The molecule has 0 spiro atoms. The lowest BCUT2D eigenvalue weighted by atomic mass is 9.95. The maximum absolute atomic E-state index is 10.0. The summed E-state index contributed by atoms with van der Waals surface area (Å²) < 4.78 is 12.1. The van der Waals surface area contributed by atoms with E-state index in [1.54, 1.807) is 0 Å². The van der Waals surface area contributed by atoms with E-state index in [9.17, 15) is 20.4 Å². The van der Waals surface area contributed by atoms with Crippen LogP contribution in [0.3, 0.4) is 0 Å². The zero-order valence-corrected chi connectivity index (χ0v) is 12.4. The van der Waals surface area contributed by atoms with Gasteiger partial charge in [0, 0.05) is 0 Å².